The molecule has 0 bridgehead atoms. The molecule has 4 rings (SSSR count). The number of benzene rings is 2. The maximum absolute atomic E-state index is 8.90. The van der Waals surface area contributed by atoms with E-state index in [2.05, 4.69) is 38.3 Å². The minimum Gasteiger partial charge on any atom is -0.454 e. The monoisotopic (exact) mass is 519 g/mol. The Bertz CT molecular complexity index is 918. The van der Waals surface area contributed by atoms with Crippen LogP contribution in [0.25, 0.3) is 0 Å². The molecule has 2 aromatic rings. The summed E-state index contributed by atoms with van der Waals surface area (Å²) >= 11 is 0. The Morgan fingerprint density at radius 2 is 1.73 bits per heavy atom. The Hall–Kier alpha value is -2.51. The van der Waals surface area contributed by atoms with Crippen molar-refractivity contribution in [3.63, 3.8) is 0 Å². The molecule has 0 unspecified atom stereocenters. The van der Waals surface area contributed by atoms with Crippen LogP contribution in [-0.2, 0) is 13.1 Å². The highest BCUT2D eigenvalue weighted by Crippen LogP contribution is 2.32. The van der Waals surface area contributed by atoms with Crippen LogP contribution < -0.4 is 14.8 Å². The minimum absolute atomic E-state index is 0. The summed E-state index contributed by atoms with van der Waals surface area (Å²) in [5.74, 6) is 2.58. The summed E-state index contributed by atoms with van der Waals surface area (Å²) in [5.41, 5.74) is 3.05. The first-order chi connectivity index (χ1) is 14.2. The highest BCUT2D eigenvalue weighted by Gasteiger charge is 2.20. The van der Waals surface area contributed by atoms with Crippen molar-refractivity contribution >= 4 is 29.9 Å². The van der Waals surface area contributed by atoms with Crippen LogP contribution in [0.15, 0.2) is 47.5 Å². The van der Waals surface area contributed by atoms with Gasteiger partial charge in [0.2, 0.25) is 6.79 Å². The maximum Gasteiger partial charge on any atom is 0.231 e. The fourth-order valence-corrected chi connectivity index (χ4v) is 3.63. The van der Waals surface area contributed by atoms with Crippen molar-refractivity contribution in [2.24, 2.45) is 4.99 Å². The summed E-state index contributed by atoms with van der Waals surface area (Å²) in [5, 5.41) is 12.3. The van der Waals surface area contributed by atoms with Crippen molar-refractivity contribution in [1.29, 1.82) is 5.26 Å². The van der Waals surface area contributed by atoms with Gasteiger partial charge in [-0.3, -0.25) is 9.89 Å². The van der Waals surface area contributed by atoms with E-state index in [4.69, 9.17) is 14.7 Å². The molecule has 0 amide bonds. The van der Waals surface area contributed by atoms with Crippen molar-refractivity contribution < 1.29 is 9.47 Å². The first-order valence-electron chi connectivity index (χ1n) is 9.80. The van der Waals surface area contributed by atoms with Crippen LogP contribution in [0.5, 0.6) is 11.5 Å². The van der Waals surface area contributed by atoms with Crippen molar-refractivity contribution in [3.05, 3.63) is 59.2 Å². The van der Waals surface area contributed by atoms with Gasteiger partial charge in [0, 0.05) is 46.3 Å². The number of halogens is 1. The lowest BCUT2D eigenvalue weighted by Crippen LogP contribution is -2.52. The average molecular weight is 519 g/mol. The lowest BCUT2D eigenvalue weighted by atomic mass is 10.1. The van der Waals surface area contributed by atoms with E-state index in [1.165, 1.54) is 5.56 Å². The average Bonchev–Trinajstić information content (AvgIpc) is 3.23. The Kier molecular flexibility index (Phi) is 7.76. The fourth-order valence-electron chi connectivity index (χ4n) is 3.63. The first-order valence-corrected chi connectivity index (χ1v) is 9.80. The Morgan fingerprint density at radius 1 is 1.03 bits per heavy atom. The molecule has 0 saturated carbocycles. The second kappa shape index (κ2) is 10.5. The number of ether oxygens (including phenoxy) is 2. The number of hydrogen-bond acceptors (Lipinski definition) is 5. The molecule has 0 aromatic heterocycles. The van der Waals surface area contributed by atoms with E-state index in [-0.39, 0.29) is 24.0 Å². The van der Waals surface area contributed by atoms with Crippen molar-refractivity contribution in [2.75, 3.05) is 40.0 Å². The zero-order valence-corrected chi connectivity index (χ0v) is 19.3. The van der Waals surface area contributed by atoms with Crippen LogP contribution in [0.4, 0.5) is 0 Å². The van der Waals surface area contributed by atoms with Gasteiger partial charge in [-0.1, -0.05) is 18.2 Å². The topological polar surface area (TPSA) is 73.1 Å². The number of piperazine rings is 1. The summed E-state index contributed by atoms with van der Waals surface area (Å²) < 4.78 is 10.9. The molecule has 0 spiro atoms. The molecular weight excluding hydrogens is 493 g/mol. The van der Waals surface area contributed by atoms with Crippen LogP contribution in [0.2, 0.25) is 0 Å². The van der Waals surface area contributed by atoms with Crippen molar-refractivity contribution in [1.82, 2.24) is 15.1 Å². The molecule has 0 radical (unpaired) electrons. The summed E-state index contributed by atoms with van der Waals surface area (Å²) in [4.78, 5) is 9.18. The fraction of sp³-hybridized carbons (Fsp3) is 0.364. The Labute approximate surface area is 194 Å². The largest absolute Gasteiger partial charge is 0.454 e. The Balaban J connectivity index is 0.00000256. The molecular formula is C22H26IN5O2. The van der Waals surface area contributed by atoms with E-state index in [1.807, 2.05) is 37.4 Å². The molecule has 2 aromatic carbocycles. The number of rotatable bonds is 4. The smallest absolute Gasteiger partial charge is 0.231 e. The second-order valence-electron chi connectivity index (χ2n) is 7.16. The quantitative estimate of drug-likeness (QED) is 0.381. The molecule has 1 N–H and O–H groups in total. The standard InChI is InChI=1S/C22H25N5O2.HI/c1-24-22(25-14-18-4-2-17(13-23)3-5-18)27-10-8-26(9-11-27)15-19-6-7-20-21(12-19)29-16-28-20;/h2-7,12H,8-11,14-16H2,1H3,(H,24,25);1H. The maximum atomic E-state index is 8.90. The van der Waals surface area contributed by atoms with Gasteiger partial charge in [0.05, 0.1) is 11.6 Å². The van der Waals surface area contributed by atoms with Crippen molar-refractivity contribution in [3.8, 4) is 17.6 Å². The van der Waals surface area contributed by atoms with Crippen LogP contribution in [0.1, 0.15) is 16.7 Å². The van der Waals surface area contributed by atoms with Gasteiger partial charge in [-0.05, 0) is 35.4 Å². The van der Waals surface area contributed by atoms with E-state index in [9.17, 15) is 0 Å². The number of guanidine groups is 1. The number of nitriles is 1. The number of nitrogens with one attached hydrogen (secondary N) is 1. The normalized spacial score (nSPS) is 16.0. The molecule has 7 nitrogen and oxygen atoms in total. The molecule has 158 valence electrons. The van der Waals surface area contributed by atoms with Gasteiger partial charge in [-0.15, -0.1) is 24.0 Å². The lowest BCUT2D eigenvalue weighted by molar-refractivity contribution is 0.171. The highest BCUT2D eigenvalue weighted by atomic mass is 127. The zero-order chi connectivity index (χ0) is 20.1. The van der Waals surface area contributed by atoms with Crippen LogP contribution in [-0.4, -0.2) is 55.8 Å². The summed E-state index contributed by atoms with van der Waals surface area (Å²) in [6, 6.07) is 16.0. The summed E-state index contributed by atoms with van der Waals surface area (Å²) in [6.07, 6.45) is 0. The van der Waals surface area contributed by atoms with E-state index in [0.717, 1.165) is 55.7 Å². The summed E-state index contributed by atoms with van der Waals surface area (Å²) in [7, 11) is 1.82. The zero-order valence-electron chi connectivity index (χ0n) is 17.0. The Morgan fingerprint density at radius 3 is 2.43 bits per heavy atom. The van der Waals surface area contributed by atoms with E-state index >= 15 is 0 Å². The number of fused-ring (bicyclic) bond motifs is 1. The molecule has 1 saturated heterocycles. The molecule has 30 heavy (non-hydrogen) atoms. The van der Waals surface area contributed by atoms with Crippen LogP contribution in [0.3, 0.4) is 0 Å². The number of aliphatic imine (C=N–C) groups is 1. The highest BCUT2D eigenvalue weighted by molar-refractivity contribution is 14.0. The first kappa shape index (κ1) is 22.2. The predicted molar refractivity (Wildman–Crippen MR) is 126 cm³/mol. The van der Waals surface area contributed by atoms with Gasteiger partial charge < -0.3 is 19.7 Å². The van der Waals surface area contributed by atoms with Gasteiger partial charge >= 0.3 is 0 Å². The predicted octanol–water partition coefficient (Wildman–Crippen LogP) is 2.80. The van der Waals surface area contributed by atoms with Gasteiger partial charge in [0.1, 0.15) is 0 Å². The minimum atomic E-state index is 0. The molecule has 8 heteroatoms. The number of hydrogen-bond donors (Lipinski definition) is 1. The molecule has 0 atom stereocenters. The third-order valence-corrected chi connectivity index (χ3v) is 5.26. The van der Waals surface area contributed by atoms with E-state index in [0.29, 0.717) is 18.9 Å². The lowest BCUT2D eigenvalue weighted by Gasteiger charge is -2.36. The van der Waals surface area contributed by atoms with Gasteiger partial charge in [0.25, 0.3) is 0 Å². The molecule has 2 aliphatic rings. The molecule has 2 aliphatic heterocycles. The third kappa shape index (κ3) is 5.34. The van der Waals surface area contributed by atoms with E-state index in [1.54, 1.807) is 0 Å². The summed E-state index contributed by atoms with van der Waals surface area (Å²) in [6.45, 7) is 5.72. The van der Waals surface area contributed by atoms with Gasteiger partial charge in [-0.2, -0.15) is 5.26 Å². The van der Waals surface area contributed by atoms with Gasteiger partial charge in [-0.25, -0.2) is 0 Å². The van der Waals surface area contributed by atoms with E-state index < -0.39 is 0 Å². The van der Waals surface area contributed by atoms with Crippen molar-refractivity contribution in [2.45, 2.75) is 13.1 Å². The molecule has 0 aliphatic carbocycles. The third-order valence-electron chi connectivity index (χ3n) is 5.26. The molecule has 2 heterocycles. The molecule has 1 fully saturated rings. The SMILES string of the molecule is CN=C(NCc1ccc(C#N)cc1)N1CCN(Cc2ccc3c(c2)OCO3)CC1.I. The van der Waals surface area contributed by atoms with Crippen LogP contribution in [0, 0.1) is 11.3 Å². The van der Waals surface area contributed by atoms with Gasteiger partial charge in [0.15, 0.2) is 17.5 Å². The second-order valence-corrected chi connectivity index (χ2v) is 7.16. The number of nitrogens with zero attached hydrogens (tertiary/aromatic N) is 4. The van der Waals surface area contributed by atoms with Crippen LogP contribution >= 0.6 is 24.0 Å².